The van der Waals surface area contributed by atoms with Gasteiger partial charge in [0, 0.05) is 20.5 Å². The molecule has 0 aliphatic heterocycles. The maximum atomic E-state index is 9.55. The molecular formula is C8H7Cl2N3O. The van der Waals surface area contributed by atoms with Gasteiger partial charge in [-0.15, -0.1) is 0 Å². The van der Waals surface area contributed by atoms with Crippen molar-refractivity contribution in [3.05, 3.63) is 44.3 Å². The minimum atomic E-state index is -0.919. The first-order chi connectivity index (χ1) is 6.65. The van der Waals surface area contributed by atoms with E-state index in [9.17, 15) is 5.11 Å². The van der Waals surface area contributed by atoms with Gasteiger partial charge in [0.1, 0.15) is 0 Å². The lowest BCUT2D eigenvalue weighted by Gasteiger charge is -2.09. The van der Waals surface area contributed by atoms with Crippen molar-refractivity contribution in [1.82, 2.24) is 0 Å². The summed E-state index contributed by atoms with van der Waals surface area (Å²) in [5.74, 6) is 0. The average molecular weight is 232 g/mol. The molecule has 1 aromatic carbocycles. The highest BCUT2D eigenvalue weighted by molar-refractivity contribution is 6.33. The number of azide groups is 1. The van der Waals surface area contributed by atoms with E-state index in [0.717, 1.165) is 0 Å². The summed E-state index contributed by atoms with van der Waals surface area (Å²) >= 11 is 11.5. The van der Waals surface area contributed by atoms with Gasteiger partial charge >= 0.3 is 0 Å². The zero-order chi connectivity index (χ0) is 10.6. The van der Waals surface area contributed by atoms with E-state index in [1.165, 1.54) is 0 Å². The Bertz CT molecular complexity index is 377. The molecule has 0 amide bonds. The predicted molar refractivity (Wildman–Crippen MR) is 55.4 cm³/mol. The third-order valence-corrected chi connectivity index (χ3v) is 2.21. The van der Waals surface area contributed by atoms with Gasteiger partial charge < -0.3 is 5.11 Å². The highest BCUT2D eigenvalue weighted by Gasteiger charge is 2.10. The van der Waals surface area contributed by atoms with Crippen LogP contribution in [0.3, 0.4) is 0 Å². The topological polar surface area (TPSA) is 69.0 Å². The monoisotopic (exact) mass is 231 g/mol. The number of aliphatic hydroxyl groups excluding tert-OH is 1. The fourth-order valence-corrected chi connectivity index (χ4v) is 1.41. The van der Waals surface area contributed by atoms with Gasteiger partial charge in [-0.25, -0.2) is 0 Å². The summed E-state index contributed by atoms with van der Waals surface area (Å²) in [5, 5.41) is 13.7. The summed E-state index contributed by atoms with van der Waals surface area (Å²) in [4.78, 5) is 2.54. The van der Waals surface area contributed by atoms with Crippen molar-refractivity contribution in [2.24, 2.45) is 5.11 Å². The number of rotatable bonds is 3. The van der Waals surface area contributed by atoms with Crippen LogP contribution >= 0.6 is 23.2 Å². The summed E-state index contributed by atoms with van der Waals surface area (Å²) in [7, 11) is 0. The molecule has 1 atom stereocenters. The molecule has 4 nitrogen and oxygen atoms in total. The Kier molecular flexibility index (Phi) is 4.04. The third kappa shape index (κ3) is 2.79. The molecule has 1 N–H and O–H groups in total. The lowest BCUT2D eigenvalue weighted by Crippen LogP contribution is -2.01. The van der Waals surface area contributed by atoms with Crippen molar-refractivity contribution in [3.8, 4) is 0 Å². The lowest BCUT2D eigenvalue weighted by molar-refractivity contribution is 0.187. The molecule has 0 bridgehead atoms. The van der Waals surface area contributed by atoms with Gasteiger partial charge in [0.15, 0.2) is 0 Å². The third-order valence-electron chi connectivity index (χ3n) is 1.63. The van der Waals surface area contributed by atoms with Crippen molar-refractivity contribution >= 4 is 23.2 Å². The molecule has 0 fully saturated rings. The quantitative estimate of drug-likeness (QED) is 0.484. The van der Waals surface area contributed by atoms with Crippen LogP contribution in [0, 0.1) is 0 Å². The molecule has 0 radical (unpaired) electrons. The second-order valence-corrected chi connectivity index (χ2v) is 3.44. The molecule has 6 heteroatoms. The molecule has 0 saturated heterocycles. The second-order valence-electron chi connectivity index (χ2n) is 2.60. The molecule has 0 spiro atoms. The van der Waals surface area contributed by atoms with E-state index in [0.29, 0.717) is 15.6 Å². The van der Waals surface area contributed by atoms with E-state index >= 15 is 0 Å². The van der Waals surface area contributed by atoms with Gasteiger partial charge in [0.05, 0.1) is 12.6 Å². The number of nitrogens with zero attached hydrogens (tertiary/aromatic N) is 3. The fraction of sp³-hybridized carbons (Fsp3) is 0.250. The van der Waals surface area contributed by atoms with Gasteiger partial charge in [0.2, 0.25) is 0 Å². The number of benzene rings is 1. The van der Waals surface area contributed by atoms with E-state index in [2.05, 4.69) is 10.0 Å². The largest absolute Gasteiger partial charge is 0.388 e. The van der Waals surface area contributed by atoms with Crippen molar-refractivity contribution < 1.29 is 5.11 Å². The zero-order valence-electron chi connectivity index (χ0n) is 7.06. The Balaban J connectivity index is 2.93. The summed E-state index contributed by atoms with van der Waals surface area (Å²) in [6.07, 6.45) is -0.919. The van der Waals surface area contributed by atoms with Crippen LogP contribution in [0.1, 0.15) is 11.7 Å². The standard InChI is InChI=1S/C8H7Cl2N3O/c9-5-1-2-7(10)6(3-5)8(14)4-12-13-11/h1-3,8,14H,4H2/t8-/m1/s1. The SMILES string of the molecule is [N-]=[N+]=NC[C@@H](O)c1cc(Cl)ccc1Cl. The molecule has 1 aromatic rings. The Morgan fingerprint density at radius 2 is 2.21 bits per heavy atom. The van der Waals surface area contributed by atoms with E-state index in [1.54, 1.807) is 18.2 Å². The smallest absolute Gasteiger partial charge is 0.0861 e. The molecule has 74 valence electrons. The lowest BCUT2D eigenvalue weighted by atomic mass is 10.1. The van der Waals surface area contributed by atoms with Crippen molar-refractivity contribution in [1.29, 1.82) is 0 Å². The molecule has 0 aliphatic rings. The molecule has 14 heavy (non-hydrogen) atoms. The molecule has 1 rings (SSSR count). The van der Waals surface area contributed by atoms with Gasteiger partial charge in [0.25, 0.3) is 0 Å². The number of hydrogen-bond acceptors (Lipinski definition) is 2. The zero-order valence-corrected chi connectivity index (χ0v) is 8.57. The average Bonchev–Trinajstić information content (AvgIpc) is 2.18. The van der Waals surface area contributed by atoms with E-state index in [-0.39, 0.29) is 6.54 Å². The Hall–Kier alpha value is -0.930. The Morgan fingerprint density at radius 1 is 1.50 bits per heavy atom. The molecular weight excluding hydrogens is 225 g/mol. The number of hydrogen-bond donors (Lipinski definition) is 1. The number of halogens is 2. The molecule has 0 aromatic heterocycles. The fourth-order valence-electron chi connectivity index (χ4n) is 0.982. The van der Waals surface area contributed by atoms with Gasteiger partial charge in [-0.05, 0) is 23.7 Å². The van der Waals surface area contributed by atoms with Crippen LogP contribution in [0.25, 0.3) is 10.4 Å². The predicted octanol–water partition coefficient (Wildman–Crippen LogP) is 3.34. The van der Waals surface area contributed by atoms with E-state index in [1.807, 2.05) is 0 Å². The van der Waals surface area contributed by atoms with Crippen molar-refractivity contribution in [2.45, 2.75) is 6.10 Å². The van der Waals surface area contributed by atoms with Crippen LogP contribution < -0.4 is 0 Å². The summed E-state index contributed by atoms with van der Waals surface area (Å²) in [5.41, 5.74) is 8.54. The van der Waals surface area contributed by atoms with E-state index < -0.39 is 6.10 Å². The maximum Gasteiger partial charge on any atom is 0.0861 e. The summed E-state index contributed by atoms with van der Waals surface area (Å²) in [6.45, 7) is -0.0590. The first-order valence-corrected chi connectivity index (χ1v) is 4.54. The minimum absolute atomic E-state index is 0.0590. The van der Waals surface area contributed by atoms with Gasteiger partial charge in [-0.2, -0.15) is 0 Å². The van der Waals surface area contributed by atoms with Crippen LogP contribution in [-0.4, -0.2) is 11.7 Å². The second kappa shape index (κ2) is 5.08. The van der Waals surface area contributed by atoms with Crippen LogP contribution in [0.5, 0.6) is 0 Å². The summed E-state index contributed by atoms with van der Waals surface area (Å²) in [6, 6.07) is 4.74. The minimum Gasteiger partial charge on any atom is -0.388 e. The van der Waals surface area contributed by atoms with E-state index in [4.69, 9.17) is 28.7 Å². The highest BCUT2D eigenvalue weighted by Crippen LogP contribution is 2.26. The van der Waals surface area contributed by atoms with Crippen LogP contribution in [-0.2, 0) is 0 Å². The Morgan fingerprint density at radius 3 is 2.86 bits per heavy atom. The molecule has 0 aliphatic carbocycles. The molecule has 0 heterocycles. The Labute approximate surface area is 90.7 Å². The van der Waals surface area contributed by atoms with Crippen LogP contribution in [0.15, 0.2) is 23.3 Å². The van der Waals surface area contributed by atoms with Crippen LogP contribution in [0.2, 0.25) is 10.0 Å². The number of aliphatic hydroxyl groups is 1. The molecule has 0 unspecified atom stereocenters. The highest BCUT2D eigenvalue weighted by atomic mass is 35.5. The van der Waals surface area contributed by atoms with Gasteiger partial charge in [-0.3, -0.25) is 0 Å². The summed E-state index contributed by atoms with van der Waals surface area (Å²) < 4.78 is 0. The maximum absolute atomic E-state index is 9.55. The van der Waals surface area contributed by atoms with Crippen molar-refractivity contribution in [3.63, 3.8) is 0 Å². The first kappa shape index (κ1) is 11.1. The first-order valence-electron chi connectivity index (χ1n) is 3.79. The van der Waals surface area contributed by atoms with Gasteiger partial charge in [-0.1, -0.05) is 28.3 Å². The van der Waals surface area contributed by atoms with Crippen molar-refractivity contribution in [2.75, 3.05) is 6.54 Å². The molecule has 0 saturated carbocycles. The normalized spacial score (nSPS) is 11.9. The van der Waals surface area contributed by atoms with Crippen LogP contribution in [0.4, 0.5) is 0 Å².